The summed E-state index contributed by atoms with van der Waals surface area (Å²) >= 11 is 5.44. The Kier molecular flexibility index (Phi) is 1.32. The van der Waals surface area contributed by atoms with Crippen LogP contribution in [0.4, 0.5) is 4.39 Å². The van der Waals surface area contributed by atoms with Gasteiger partial charge in [0.1, 0.15) is 5.65 Å². The van der Waals surface area contributed by atoms with Gasteiger partial charge < -0.3 is 4.98 Å². The molecule has 2 heterocycles. The predicted octanol–water partition coefficient (Wildman–Crippen LogP) is 2.36. The predicted molar refractivity (Wildman–Crippen MR) is 41.1 cm³/mol. The summed E-state index contributed by atoms with van der Waals surface area (Å²) in [5.74, 6) is -0.487. The molecular formula is C7H4ClFN2. The van der Waals surface area contributed by atoms with Crippen molar-refractivity contribution in [2.75, 3.05) is 0 Å². The molecule has 0 aliphatic heterocycles. The quantitative estimate of drug-likeness (QED) is 0.604. The third kappa shape index (κ3) is 0.973. The lowest BCUT2D eigenvalue weighted by molar-refractivity contribution is 0.624. The highest BCUT2D eigenvalue weighted by Gasteiger charge is 2.03. The van der Waals surface area contributed by atoms with Crippen LogP contribution in [0.15, 0.2) is 18.3 Å². The third-order valence-electron chi connectivity index (χ3n) is 1.45. The Hall–Kier alpha value is -1.09. The number of aromatic nitrogens is 2. The van der Waals surface area contributed by atoms with Crippen LogP contribution in [0.3, 0.4) is 0 Å². The number of nitrogens with one attached hydrogen (secondary N) is 1. The number of hydrogen-bond acceptors (Lipinski definition) is 1. The van der Waals surface area contributed by atoms with Crippen LogP contribution in [0.25, 0.3) is 11.0 Å². The second-order valence-electron chi connectivity index (χ2n) is 2.18. The average molecular weight is 171 g/mol. The molecular weight excluding hydrogens is 167 g/mol. The fourth-order valence-electron chi connectivity index (χ4n) is 0.934. The maximum atomic E-state index is 12.7. The standard InChI is InChI=1S/C7H4ClFN2/c8-6-5(9)3-4-1-2-10-7(4)11-6/h1-3H,(H,10,11). The van der Waals surface area contributed by atoms with E-state index in [2.05, 4.69) is 9.97 Å². The van der Waals surface area contributed by atoms with Crippen molar-refractivity contribution in [2.24, 2.45) is 0 Å². The molecule has 0 saturated carbocycles. The lowest BCUT2D eigenvalue weighted by Crippen LogP contribution is -1.82. The van der Waals surface area contributed by atoms with E-state index in [1.165, 1.54) is 6.07 Å². The molecule has 11 heavy (non-hydrogen) atoms. The second-order valence-corrected chi connectivity index (χ2v) is 2.53. The monoisotopic (exact) mass is 170 g/mol. The summed E-state index contributed by atoms with van der Waals surface area (Å²) in [5.41, 5.74) is 0.608. The van der Waals surface area contributed by atoms with Gasteiger partial charge in [-0.05, 0) is 12.1 Å². The highest BCUT2D eigenvalue weighted by atomic mass is 35.5. The minimum absolute atomic E-state index is 0.0973. The van der Waals surface area contributed by atoms with E-state index in [9.17, 15) is 4.39 Å². The van der Waals surface area contributed by atoms with Gasteiger partial charge in [0.25, 0.3) is 0 Å². The summed E-state index contributed by atoms with van der Waals surface area (Å²) in [6, 6.07) is 3.09. The molecule has 0 aliphatic rings. The van der Waals surface area contributed by atoms with Gasteiger partial charge in [-0.2, -0.15) is 0 Å². The molecule has 0 unspecified atom stereocenters. The first-order chi connectivity index (χ1) is 5.27. The number of aromatic amines is 1. The first kappa shape index (κ1) is 6.61. The van der Waals surface area contributed by atoms with Gasteiger partial charge in [-0.15, -0.1) is 0 Å². The molecule has 2 rings (SSSR count). The molecule has 0 spiro atoms. The molecule has 2 nitrogen and oxygen atoms in total. The van der Waals surface area contributed by atoms with Crippen molar-refractivity contribution in [1.29, 1.82) is 0 Å². The fraction of sp³-hybridized carbons (Fsp3) is 0. The van der Waals surface area contributed by atoms with Crippen molar-refractivity contribution < 1.29 is 4.39 Å². The average Bonchev–Trinajstić information content (AvgIpc) is 2.36. The molecule has 1 N–H and O–H groups in total. The lowest BCUT2D eigenvalue weighted by Gasteiger charge is -1.91. The number of pyridine rings is 1. The molecule has 2 aromatic rings. The van der Waals surface area contributed by atoms with Gasteiger partial charge in [0.15, 0.2) is 11.0 Å². The van der Waals surface area contributed by atoms with Crippen molar-refractivity contribution in [1.82, 2.24) is 9.97 Å². The first-order valence-corrected chi connectivity index (χ1v) is 3.44. The SMILES string of the molecule is Fc1cc2cc[nH]c2nc1Cl. The van der Waals surface area contributed by atoms with Crippen LogP contribution < -0.4 is 0 Å². The van der Waals surface area contributed by atoms with Crippen LogP contribution in [0, 0.1) is 5.82 Å². The van der Waals surface area contributed by atoms with E-state index in [1.54, 1.807) is 12.3 Å². The number of fused-ring (bicyclic) bond motifs is 1. The van der Waals surface area contributed by atoms with Crippen LogP contribution in [0.1, 0.15) is 0 Å². The maximum Gasteiger partial charge on any atom is 0.167 e. The molecule has 4 heteroatoms. The highest BCUT2D eigenvalue weighted by molar-refractivity contribution is 6.29. The van der Waals surface area contributed by atoms with E-state index in [1.807, 2.05) is 0 Å². The second kappa shape index (κ2) is 2.20. The van der Waals surface area contributed by atoms with Crippen LogP contribution in [-0.2, 0) is 0 Å². The Morgan fingerprint density at radius 1 is 1.55 bits per heavy atom. The molecule has 56 valence electrons. The van der Waals surface area contributed by atoms with Crippen molar-refractivity contribution >= 4 is 22.6 Å². The number of nitrogens with zero attached hydrogens (tertiary/aromatic N) is 1. The normalized spacial score (nSPS) is 10.7. The maximum absolute atomic E-state index is 12.7. The molecule has 0 atom stereocenters. The number of H-pyrrole nitrogens is 1. The van der Waals surface area contributed by atoms with Crippen molar-refractivity contribution in [3.63, 3.8) is 0 Å². The van der Waals surface area contributed by atoms with Crippen molar-refractivity contribution in [3.8, 4) is 0 Å². The van der Waals surface area contributed by atoms with Crippen LogP contribution in [0.5, 0.6) is 0 Å². The van der Waals surface area contributed by atoms with E-state index < -0.39 is 5.82 Å². The Balaban J connectivity index is 2.86. The number of halogens is 2. The van der Waals surface area contributed by atoms with Gasteiger partial charge in [-0.1, -0.05) is 11.6 Å². The zero-order valence-corrected chi connectivity index (χ0v) is 6.19. The van der Waals surface area contributed by atoms with Crippen LogP contribution >= 0.6 is 11.6 Å². The molecule has 0 radical (unpaired) electrons. The zero-order valence-electron chi connectivity index (χ0n) is 5.44. The molecule has 0 saturated heterocycles. The number of rotatable bonds is 0. The van der Waals surface area contributed by atoms with E-state index >= 15 is 0 Å². The Bertz CT molecular complexity index is 360. The minimum Gasteiger partial charge on any atom is -0.346 e. The smallest absolute Gasteiger partial charge is 0.167 e. The Morgan fingerprint density at radius 2 is 2.36 bits per heavy atom. The molecule has 2 aromatic heterocycles. The Labute approximate surface area is 67.0 Å². The summed E-state index contributed by atoms with van der Waals surface area (Å²) in [6.45, 7) is 0. The summed E-state index contributed by atoms with van der Waals surface area (Å²) < 4.78 is 12.7. The van der Waals surface area contributed by atoms with Gasteiger partial charge in [-0.25, -0.2) is 9.37 Å². The Morgan fingerprint density at radius 3 is 3.18 bits per heavy atom. The fourth-order valence-corrected chi connectivity index (χ4v) is 1.07. The van der Waals surface area contributed by atoms with E-state index in [0.29, 0.717) is 5.65 Å². The van der Waals surface area contributed by atoms with Gasteiger partial charge in [-0.3, -0.25) is 0 Å². The highest BCUT2D eigenvalue weighted by Crippen LogP contribution is 2.17. The van der Waals surface area contributed by atoms with Crippen LogP contribution in [-0.4, -0.2) is 9.97 Å². The third-order valence-corrected chi connectivity index (χ3v) is 1.71. The van der Waals surface area contributed by atoms with Crippen molar-refractivity contribution in [3.05, 3.63) is 29.3 Å². The van der Waals surface area contributed by atoms with Gasteiger partial charge in [0.2, 0.25) is 0 Å². The summed E-state index contributed by atoms with van der Waals surface area (Å²) in [4.78, 5) is 6.60. The lowest BCUT2D eigenvalue weighted by atomic mass is 10.3. The largest absolute Gasteiger partial charge is 0.346 e. The zero-order chi connectivity index (χ0) is 7.84. The van der Waals surface area contributed by atoms with E-state index in [0.717, 1.165) is 5.39 Å². The summed E-state index contributed by atoms with van der Waals surface area (Å²) in [7, 11) is 0. The van der Waals surface area contributed by atoms with Gasteiger partial charge >= 0.3 is 0 Å². The molecule has 0 bridgehead atoms. The summed E-state index contributed by atoms with van der Waals surface area (Å²) in [6.07, 6.45) is 1.69. The van der Waals surface area contributed by atoms with E-state index in [4.69, 9.17) is 11.6 Å². The summed E-state index contributed by atoms with van der Waals surface area (Å²) in [5, 5.41) is 0.631. The van der Waals surface area contributed by atoms with E-state index in [-0.39, 0.29) is 5.15 Å². The number of hydrogen-bond donors (Lipinski definition) is 1. The molecule has 0 aromatic carbocycles. The first-order valence-electron chi connectivity index (χ1n) is 3.06. The minimum atomic E-state index is -0.487. The molecule has 0 fully saturated rings. The van der Waals surface area contributed by atoms with Gasteiger partial charge in [0, 0.05) is 11.6 Å². The topological polar surface area (TPSA) is 28.7 Å². The van der Waals surface area contributed by atoms with Crippen LogP contribution in [0.2, 0.25) is 5.15 Å². The van der Waals surface area contributed by atoms with Gasteiger partial charge in [0.05, 0.1) is 0 Å². The van der Waals surface area contributed by atoms with Crippen molar-refractivity contribution in [2.45, 2.75) is 0 Å². The molecule has 0 amide bonds. The molecule has 0 aliphatic carbocycles.